The Balaban J connectivity index is 1.90. The molecule has 0 aromatic carbocycles. The zero-order chi connectivity index (χ0) is 18.8. The van der Waals surface area contributed by atoms with Crippen molar-refractivity contribution in [2.45, 2.75) is 91.8 Å². The summed E-state index contributed by atoms with van der Waals surface area (Å²) in [5.74, 6) is 1.78. The van der Waals surface area contributed by atoms with Gasteiger partial charge in [0.15, 0.2) is 0 Å². The van der Waals surface area contributed by atoms with E-state index < -0.39 is 0 Å². The molecule has 2 aliphatic rings. The predicted molar refractivity (Wildman–Crippen MR) is 110 cm³/mol. The van der Waals surface area contributed by atoms with E-state index in [1.807, 2.05) is 0 Å². The van der Waals surface area contributed by atoms with Gasteiger partial charge >= 0.3 is 0 Å². The van der Waals surface area contributed by atoms with E-state index >= 15 is 0 Å². The Morgan fingerprint density at radius 1 is 0.720 bits per heavy atom. The molecule has 2 saturated heterocycles. The first-order valence-electron chi connectivity index (χ1n) is 10.8. The Kier molecular flexibility index (Phi) is 7.01. The van der Waals surface area contributed by atoms with Gasteiger partial charge < -0.3 is 0 Å². The summed E-state index contributed by atoms with van der Waals surface area (Å²) in [6.07, 6.45) is 4.02. The van der Waals surface area contributed by atoms with Crippen LogP contribution in [-0.4, -0.2) is 71.1 Å². The minimum atomic E-state index is 0.279. The van der Waals surface area contributed by atoms with Gasteiger partial charge in [-0.1, -0.05) is 13.8 Å². The predicted octanol–water partition coefficient (Wildman–Crippen LogP) is 4.33. The van der Waals surface area contributed by atoms with Crippen molar-refractivity contribution in [2.24, 2.45) is 11.8 Å². The van der Waals surface area contributed by atoms with Crippen LogP contribution in [0.3, 0.4) is 0 Å². The third-order valence-electron chi connectivity index (χ3n) is 7.10. The van der Waals surface area contributed by atoms with E-state index in [1.54, 1.807) is 0 Å². The second-order valence-corrected chi connectivity index (χ2v) is 10.5. The first-order chi connectivity index (χ1) is 11.5. The van der Waals surface area contributed by atoms with E-state index in [0.717, 1.165) is 11.8 Å². The topological polar surface area (TPSA) is 9.72 Å². The quantitative estimate of drug-likeness (QED) is 0.705. The molecule has 2 fully saturated rings. The SMILES string of the molecule is CC(C)C1CCN(C(C)(C)CC(C)(C)N2CCN(C(C)C)CC2)CC1. The number of rotatable bonds is 6. The summed E-state index contributed by atoms with van der Waals surface area (Å²) < 4.78 is 0. The molecule has 3 nitrogen and oxygen atoms in total. The average molecular weight is 352 g/mol. The maximum atomic E-state index is 2.78. The number of hydrogen-bond donors (Lipinski definition) is 0. The normalized spacial score (nSPS) is 23.8. The van der Waals surface area contributed by atoms with Crippen molar-refractivity contribution in [2.75, 3.05) is 39.3 Å². The van der Waals surface area contributed by atoms with Gasteiger partial charge in [-0.2, -0.15) is 0 Å². The molecule has 0 atom stereocenters. The Bertz CT molecular complexity index is 359. The van der Waals surface area contributed by atoms with Crippen molar-refractivity contribution in [3.63, 3.8) is 0 Å². The molecule has 2 aliphatic heterocycles. The molecule has 2 rings (SSSR count). The molecule has 25 heavy (non-hydrogen) atoms. The zero-order valence-corrected chi connectivity index (χ0v) is 18.4. The summed E-state index contributed by atoms with van der Waals surface area (Å²) in [5.41, 5.74) is 0.572. The van der Waals surface area contributed by atoms with Crippen LogP contribution in [0, 0.1) is 11.8 Å². The van der Waals surface area contributed by atoms with Crippen molar-refractivity contribution < 1.29 is 0 Å². The third-order valence-corrected chi connectivity index (χ3v) is 7.10. The fraction of sp³-hybridized carbons (Fsp3) is 1.00. The molecular weight excluding hydrogens is 306 g/mol. The summed E-state index contributed by atoms with van der Waals surface area (Å²) in [6, 6.07) is 0.684. The van der Waals surface area contributed by atoms with Gasteiger partial charge in [0.05, 0.1) is 0 Å². The van der Waals surface area contributed by atoms with E-state index in [1.165, 1.54) is 58.5 Å². The van der Waals surface area contributed by atoms with Crippen LogP contribution in [0.2, 0.25) is 0 Å². The molecule has 0 N–H and O–H groups in total. The maximum Gasteiger partial charge on any atom is 0.0171 e. The summed E-state index contributed by atoms with van der Waals surface area (Å²) in [4.78, 5) is 8.14. The largest absolute Gasteiger partial charge is 0.298 e. The van der Waals surface area contributed by atoms with Crippen LogP contribution < -0.4 is 0 Å². The van der Waals surface area contributed by atoms with Gasteiger partial charge in [0.25, 0.3) is 0 Å². The summed E-state index contributed by atoms with van der Waals surface area (Å²) in [7, 11) is 0. The lowest BCUT2D eigenvalue weighted by molar-refractivity contribution is -0.0129. The molecule has 0 bridgehead atoms. The molecule has 0 radical (unpaired) electrons. The molecule has 2 heterocycles. The zero-order valence-electron chi connectivity index (χ0n) is 18.4. The van der Waals surface area contributed by atoms with E-state index in [0.29, 0.717) is 11.6 Å². The number of hydrogen-bond acceptors (Lipinski definition) is 3. The number of piperidine rings is 1. The molecule has 0 aromatic heterocycles. The van der Waals surface area contributed by atoms with Crippen LogP contribution in [-0.2, 0) is 0 Å². The summed E-state index contributed by atoms with van der Waals surface area (Å²) >= 11 is 0. The first kappa shape index (κ1) is 21.2. The van der Waals surface area contributed by atoms with Crippen molar-refractivity contribution in [3.05, 3.63) is 0 Å². The molecule has 0 amide bonds. The highest BCUT2D eigenvalue weighted by Crippen LogP contribution is 2.34. The molecule has 0 spiro atoms. The van der Waals surface area contributed by atoms with Gasteiger partial charge in [-0.25, -0.2) is 0 Å². The summed E-state index contributed by atoms with van der Waals surface area (Å²) in [5, 5.41) is 0. The molecule has 0 aromatic rings. The van der Waals surface area contributed by atoms with Gasteiger partial charge in [0.2, 0.25) is 0 Å². The Labute approximate surface area is 158 Å². The number of nitrogens with zero attached hydrogens (tertiary/aromatic N) is 3. The van der Waals surface area contributed by atoms with Crippen molar-refractivity contribution >= 4 is 0 Å². The monoisotopic (exact) mass is 351 g/mol. The summed E-state index contributed by atoms with van der Waals surface area (Å²) in [6.45, 7) is 26.8. The van der Waals surface area contributed by atoms with Crippen LogP contribution in [0.1, 0.15) is 74.7 Å². The lowest BCUT2D eigenvalue weighted by Gasteiger charge is -2.51. The molecule has 148 valence electrons. The fourth-order valence-electron chi connectivity index (χ4n) is 5.30. The molecule has 0 unspecified atom stereocenters. The average Bonchev–Trinajstić information content (AvgIpc) is 2.54. The van der Waals surface area contributed by atoms with Crippen molar-refractivity contribution in [1.82, 2.24) is 14.7 Å². The molecule has 0 saturated carbocycles. The second-order valence-electron chi connectivity index (χ2n) is 10.5. The standard InChI is InChI=1S/C22H45N3/c1-18(2)20-9-11-24(12-10-20)21(5,6)17-22(7,8)25-15-13-23(14-16-25)19(3)4/h18-20H,9-17H2,1-8H3. The minimum Gasteiger partial charge on any atom is -0.298 e. The van der Waals surface area contributed by atoms with Crippen molar-refractivity contribution in [1.29, 1.82) is 0 Å². The molecule has 0 aliphatic carbocycles. The highest BCUT2D eigenvalue weighted by atomic mass is 15.3. The highest BCUT2D eigenvalue weighted by Gasteiger charge is 2.39. The lowest BCUT2D eigenvalue weighted by atomic mass is 9.80. The molecular formula is C22H45N3. The van der Waals surface area contributed by atoms with Crippen LogP contribution in [0.15, 0.2) is 0 Å². The minimum absolute atomic E-state index is 0.279. The smallest absolute Gasteiger partial charge is 0.0171 e. The number of piperazine rings is 1. The first-order valence-corrected chi connectivity index (χ1v) is 10.8. The van der Waals surface area contributed by atoms with Gasteiger partial charge in [0.1, 0.15) is 0 Å². The Hall–Kier alpha value is -0.120. The van der Waals surface area contributed by atoms with E-state index in [4.69, 9.17) is 0 Å². The van der Waals surface area contributed by atoms with Crippen molar-refractivity contribution in [3.8, 4) is 0 Å². The van der Waals surface area contributed by atoms with Crippen LogP contribution >= 0.6 is 0 Å². The van der Waals surface area contributed by atoms with E-state index in [2.05, 4.69) is 70.1 Å². The van der Waals surface area contributed by atoms with Gasteiger partial charge in [-0.3, -0.25) is 14.7 Å². The van der Waals surface area contributed by atoms with Crippen LogP contribution in [0.5, 0.6) is 0 Å². The lowest BCUT2D eigenvalue weighted by Crippen LogP contribution is -2.60. The van der Waals surface area contributed by atoms with Gasteiger partial charge in [-0.05, 0) is 85.7 Å². The van der Waals surface area contributed by atoms with E-state index in [9.17, 15) is 0 Å². The van der Waals surface area contributed by atoms with Crippen LogP contribution in [0.25, 0.3) is 0 Å². The second kappa shape index (κ2) is 8.27. The fourth-order valence-corrected chi connectivity index (χ4v) is 5.30. The molecule has 3 heteroatoms. The van der Waals surface area contributed by atoms with E-state index in [-0.39, 0.29) is 5.54 Å². The van der Waals surface area contributed by atoms with Gasteiger partial charge in [-0.15, -0.1) is 0 Å². The Morgan fingerprint density at radius 2 is 1.16 bits per heavy atom. The highest BCUT2D eigenvalue weighted by molar-refractivity contribution is 4.96. The third kappa shape index (κ3) is 5.43. The number of likely N-dealkylation sites (tertiary alicyclic amines) is 1. The van der Waals surface area contributed by atoms with Gasteiger partial charge in [0, 0.05) is 43.3 Å². The maximum absolute atomic E-state index is 2.78. The van der Waals surface area contributed by atoms with Crippen LogP contribution in [0.4, 0.5) is 0 Å². The Morgan fingerprint density at radius 3 is 1.56 bits per heavy atom.